The average Bonchev–Trinajstić information content (AvgIpc) is 4.39. The van der Waals surface area contributed by atoms with Crippen molar-refractivity contribution in [2.45, 2.75) is 152 Å². The van der Waals surface area contributed by atoms with Crippen LogP contribution in [0.25, 0.3) is 73.4 Å². The van der Waals surface area contributed by atoms with Gasteiger partial charge in [-0.3, -0.25) is 15.0 Å². The zero-order valence-corrected chi connectivity index (χ0v) is 52.3. The predicted molar refractivity (Wildman–Crippen MR) is 327 cm³/mol. The Labute approximate surface area is 497 Å². The van der Waals surface area contributed by atoms with Crippen LogP contribution in [0, 0.1) is 38.0 Å². The van der Waals surface area contributed by atoms with Crippen molar-refractivity contribution in [3.05, 3.63) is 202 Å². The molecule has 0 aliphatic carbocycles. The minimum atomic E-state index is -0.0256. The van der Waals surface area contributed by atoms with E-state index >= 15 is 0 Å². The van der Waals surface area contributed by atoms with Crippen LogP contribution < -0.4 is 0 Å². The second-order valence-corrected chi connectivity index (χ2v) is 24.0. The number of rotatable bonds is 18. The van der Waals surface area contributed by atoms with E-state index in [1.807, 2.05) is 38.1 Å². The summed E-state index contributed by atoms with van der Waals surface area (Å²) >= 11 is 0. The molecule has 0 N–H and O–H groups in total. The van der Waals surface area contributed by atoms with Gasteiger partial charge in [-0.2, -0.15) is 0 Å². The maximum absolute atomic E-state index is 5.97. The Bertz CT molecular complexity index is 3780. The molecule has 0 saturated carbocycles. The number of imidazole rings is 3. The number of nitrogens with zero attached hydrogens (tertiary/aromatic N) is 8. The summed E-state index contributed by atoms with van der Waals surface area (Å²) in [5.41, 5.74) is 19.6. The molecule has 0 saturated heterocycles. The summed E-state index contributed by atoms with van der Waals surface area (Å²) in [6, 6.07) is 47.1. The Morgan fingerprint density at radius 3 is 1.04 bits per heavy atom. The fraction of sp³-hybridized carbons (Fsp3) is 0.338. The van der Waals surface area contributed by atoms with E-state index < -0.39 is 0 Å². The van der Waals surface area contributed by atoms with Gasteiger partial charge in [-0.1, -0.05) is 138 Å². The van der Waals surface area contributed by atoms with Crippen molar-refractivity contribution in [1.82, 2.24) is 38.6 Å². The molecule has 11 heteroatoms. The number of aryl methyl sites for hydroxylation is 2. The maximum Gasteiger partial charge on any atom is 3.00 e. The molecular weight excluding hydrogens is 1190 g/mol. The van der Waals surface area contributed by atoms with Crippen molar-refractivity contribution in [2.75, 3.05) is 0 Å². The van der Waals surface area contributed by atoms with E-state index in [-0.39, 0.29) is 61.5 Å². The summed E-state index contributed by atoms with van der Waals surface area (Å²) in [5, 5.41) is 0. The van der Waals surface area contributed by atoms with Gasteiger partial charge in [0.15, 0.2) is 11.8 Å². The van der Waals surface area contributed by atoms with Crippen molar-refractivity contribution in [3.8, 4) is 51.2 Å². The first-order valence-corrected chi connectivity index (χ1v) is 29.1. The molecule has 82 heavy (non-hydrogen) atoms. The summed E-state index contributed by atoms with van der Waals surface area (Å²) in [5.74, 6) is 5.29. The van der Waals surface area contributed by atoms with Gasteiger partial charge in [-0.05, 0) is 94.1 Å². The molecule has 10 nitrogen and oxygen atoms in total. The zero-order chi connectivity index (χ0) is 57.0. The first-order valence-electron chi connectivity index (χ1n) is 29.1. The third kappa shape index (κ3) is 11.4. The van der Waals surface area contributed by atoms with Crippen molar-refractivity contribution >= 4 is 22.2 Å². The van der Waals surface area contributed by atoms with Gasteiger partial charge in [0.05, 0.1) is 28.6 Å². The molecule has 11 aromatic rings. The van der Waals surface area contributed by atoms with Gasteiger partial charge in [0.1, 0.15) is 0 Å². The molecule has 420 valence electrons. The molecule has 5 heterocycles. The van der Waals surface area contributed by atoms with Crippen LogP contribution in [0.4, 0.5) is 0 Å². The maximum atomic E-state index is 5.97. The largest absolute Gasteiger partial charge is 3.00 e. The quantitative estimate of drug-likeness (QED) is 0.0788. The van der Waals surface area contributed by atoms with Crippen molar-refractivity contribution in [2.24, 2.45) is 5.92 Å². The molecule has 0 unspecified atom stereocenters. The third-order valence-electron chi connectivity index (χ3n) is 15.8. The Morgan fingerprint density at radius 1 is 0.402 bits per heavy atom. The number of oxazole rings is 2. The molecule has 5 aromatic heterocycles. The van der Waals surface area contributed by atoms with Crippen LogP contribution in [-0.2, 0) is 39.4 Å². The van der Waals surface area contributed by atoms with Crippen LogP contribution in [0.3, 0.4) is 0 Å². The van der Waals surface area contributed by atoms with Crippen LogP contribution in [0.5, 0.6) is 0 Å². The van der Waals surface area contributed by atoms with Gasteiger partial charge < -0.3 is 22.5 Å². The smallest absolute Gasteiger partial charge is 0.488 e. The standard InChI is InChI=1S/C71H75N8O2.Ir/c1-41(2)56-23-18-24-57(42(3)4)66(56)77-38-53(74-69(77)50-21-16-15-17-22-50)33-49(34-54-39-78(67-58(43(5)6)25-19-26-59(67)44(7)8)70(75-54)51-29-31-64-62(36-51)72-47(13)80-64)35-55-40-79(68-60(45(9)10)27-20-28-61(68)46(11)12)71(76-55)52-30-32-65-63(37-52)73-48(14)81-65;/h15-21,23-28,31-32,36-46,49H,33-35H2,1-14H3;/q-3;+3. The normalized spacial score (nSPS) is 12.1. The van der Waals surface area contributed by atoms with Gasteiger partial charge in [-0.15, -0.1) is 83.4 Å². The third-order valence-corrected chi connectivity index (χ3v) is 15.8. The number of aromatic nitrogens is 8. The number of hydrogen-bond donors (Lipinski definition) is 0. The van der Waals surface area contributed by atoms with Gasteiger partial charge in [0.25, 0.3) is 0 Å². The first-order chi connectivity index (χ1) is 38.9. The Hall–Kier alpha value is -7.46. The Balaban J connectivity index is 0.00000753. The molecular formula is C71H75IrN8O2. The van der Waals surface area contributed by atoms with Crippen molar-refractivity contribution in [1.29, 1.82) is 0 Å². The number of benzene rings is 6. The van der Waals surface area contributed by atoms with E-state index in [2.05, 4.69) is 212 Å². The van der Waals surface area contributed by atoms with E-state index in [0.29, 0.717) is 42.2 Å². The van der Waals surface area contributed by atoms with Gasteiger partial charge >= 0.3 is 20.1 Å². The van der Waals surface area contributed by atoms with E-state index in [0.717, 1.165) is 73.7 Å². The van der Waals surface area contributed by atoms with E-state index in [9.17, 15) is 0 Å². The monoisotopic (exact) mass is 1260 g/mol. The van der Waals surface area contributed by atoms with Gasteiger partial charge in [0.2, 0.25) is 0 Å². The minimum absolute atomic E-state index is 0. The van der Waals surface area contributed by atoms with Crippen LogP contribution in [0.15, 0.2) is 131 Å². The fourth-order valence-corrected chi connectivity index (χ4v) is 11.9. The Morgan fingerprint density at radius 2 is 0.732 bits per heavy atom. The van der Waals surface area contributed by atoms with Crippen LogP contribution in [-0.4, -0.2) is 38.6 Å². The molecule has 0 aliphatic rings. The molecule has 0 amide bonds. The summed E-state index contributed by atoms with van der Waals surface area (Å²) < 4.78 is 19.0. The average molecular weight is 1260 g/mol. The Kier molecular flexibility index (Phi) is 16.8. The summed E-state index contributed by atoms with van der Waals surface area (Å²) in [6.45, 7) is 31.1. The van der Waals surface area contributed by atoms with Crippen LogP contribution >= 0.6 is 0 Å². The van der Waals surface area contributed by atoms with Crippen LogP contribution in [0.1, 0.15) is 181 Å². The molecule has 0 bridgehead atoms. The van der Waals surface area contributed by atoms with Crippen molar-refractivity contribution in [3.63, 3.8) is 0 Å². The second-order valence-electron chi connectivity index (χ2n) is 24.0. The minimum Gasteiger partial charge on any atom is -0.488 e. The molecule has 0 fully saturated rings. The molecule has 0 spiro atoms. The van der Waals surface area contributed by atoms with Gasteiger partial charge in [-0.25, -0.2) is 9.97 Å². The zero-order valence-electron chi connectivity index (χ0n) is 49.9. The first kappa shape index (κ1) is 57.8. The summed E-state index contributed by atoms with van der Waals surface area (Å²) in [4.78, 5) is 26.5. The molecule has 0 radical (unpaired) electrons. The van der Waals surface area contributed by atoms with E-state index in [1.165, 1.54) is 39.1 Å². The summed E-state index contributed by atoms with van der Waals surface area (Å²) in [7, 11) is 0. The van der Waals surface area contributed by atoms with Gasteiger partial charge in [0, 0.05) is 77.6 Å². The molecule has 0 aliphatic heterocycles. The molecule has 6 aromatic carbocycles. The molecule has 11 rings (SSSR count). The van der Waals surface area contributed by atoms with E-state index in [1.54, 1.807) is 0 Å². The topological polar surface area (TPSA) is 106 Å². The summed E-state index contributed by atoms with van der Waals surface area (Å²) in [6.07, 6.45) is 8.75. The number of fused-ring (bicyclic) bond motifs is 2. The SMILES string of the molecule is Cc1nc2cc(-c3nc(CC(Cc4cn(-c5c(C(C)C)cccc5C(C)C)c(-c5[c-]cccc5)n4)Cc4cn(-c5c(C(C)C)cccc5C(C)C)c(-c5[c-]cc6oc(C)nc6c5)n4)cn3-c3c(C(C)C)cccc3C(C)C)[c-]cc2o1.[Ir+3]. The number of para-hydroxylation sites is 3. The van der Waals surface area contributed by atoms with Crippen LogP contribution in [0.2, 0.25) is 0 Å². The predicted octanol–water partition coefficient (Wildman–Crippen LogP) is 17.9. The number of hydrogen-bond acceptors (Lipinski definition) is 7. The van der Waals surface area contributed by atoms with E-state index in [4.69, 9.17) is 33.8 Å². The van der Waals surface area contributed by atoms with Crippen molar-refractivity contribution < 1.29 is 28.9 Å². The second kappa shape index (κ2) is 23.8. The molecule has 0 atom stereocenters. The fourth-order valence-electron chi connectivity index (χ4n) is 11.9.